The van der Waals surface area contributed by atoms with Crippen molar-refractivity contribution in [3.8, 4) is 0 Å². The van der Waals surface area contributed by atoms with Gasteiger partial charge < -0.3 is 25.0 Å². The molecule has 0 saturated carbocycles. The second-order valence-electron chi connectivity index (χ2n) is 8.80. The van der Waals surface area contributed by atoms with Gasteiger partial charge in [-0.2, -0.15) is 0 Å². The highest BCUT2D eigenvalue weighted by Gasteiger charge is 2.25. The van der Waals surface area contributed by atoms with Crippen LogP contribution in [0.2, 0.25) is 0 Å². The summed E-state index contributed by atoms with van der Waals surface area (Å²) in [4.78, 5) is 23.5. The van der Waals surface area contributed by atoms with Crippen molar-refractivity contribution in [2.24, 2.45) is 4.99 Å². The zero-order valence-corrected chi connectivity index (χ0v) is 22.2. The predicted molar refractivity (Wildman–Crippen MR) is 136 cm³/mol. The van der Waals surface area contributed by atoms with Crippen LogP contribution in [0, 0.1) is 0 Å². The molecule has 0 aliphatic carbocycles. The molecule has 2 fully saturated rings. The molecule has 2 N–H and O–H groups in total. The Hall–Kier alpha value is -0.850. The molecule has 0 aromatic carbocycles. The van der Waals surface area contributed by atoms with Crippen molar-refractivity contribution in [2.45, 2.75) is 39.7 Å². The topological polar surface area (TPSA) is 81.7 Å². The van der Waals surface area contributed by atoms with Crippen LogP contribution in [-0.4, -0.2) is 118 Å². The van der Waals surface area contributed by atoms with Crippen LogP contribution in [0.25, 0.3) is 0 Å². The van der Waals surface area contributed by atoms with Crippen LogP contribution in [0.15, 0.2) is 4.99 Å². The third kappa shape index (κ3) is 12.1. The summed E-state index contributed by atoms with van der Waals surface area (Å²) in [6.45, 7) is 19.3. The molecule has 0 aromatic rings. The Balaban J connectivity index is 0.00000480. The van der Waals surface area contributed by atoms with E-state index in [1.54, 1.807) is 0 Å². The molecule has 0 bridgehead atoms. The summed E-state index contributed by atoms with van der Waals surface area (Å²) in [5.41, 5.74) is -0.438. The molecule has 2 saturated heterocycles. The summed E-state index contributed by atoms with van der Waals surface area (Å²) in [6, 6.07) is 0. The highest BCUT2D eigenvalue weighted by atomic mass is 127. The number of carbonyl (C=O) groups excluding carboxylic acids is 1. The van der Waals surface area contributed by atoms with Crippen LogP contribution >= 0.6 is 24.0 Å². The number of nitrogens with one attached hydrogen (secondary N) is 2. The van der Waals surface area contributed by atoms with Crippen LogP contribution in [0.1, 0.15) is 34.1 Å². The van der Waals surface area contributed by atoms with Crippen molar-refractivity contribution in [1.29, 1.82) is 0 Å². The van der Waals surface area contributed by atoms with Crippen molar-refractivity contribution in [3.63, 3.8) is 0 Å². The van der Waals surface area contributed by atoms with E-state index >= 15 is 0 Å². The van der Waals surface area contributed by atoms with Gasteiger partial charge in [0, 0.05) is 72.0 Å². The molecular weight excluding hydrogens is 511 g/mol. The van der Waals surface area contributed by atoms with Gasteiger partial charge in [-0.05, 0) is 34.1 Å². The van der Waals surface area contributed by atoms with E-state index in [1.807, 2.05) is 25.7 Å². The summed E-state index contributed by atoms with van der Waals surface area (Å²) in [6.07, 6.45) is 0.803. The summed E-state index contributed by atoms with van der Waals surface area (Å²) >= 11 is 0. The number of hydrogen-bond donors (Lipinski definition) is 2. The van der Waals surface area contributed by atoms with Gasteiger partial charge in [0.2, 0.25) is 0 Å². The maximum atomic E-state index is 12.1. The van der Waals surface area contributed by atoms with Crippen LogP contribution in [-0.2, 0) is 9.47 Å². The lowest BCUT2D eigenvalue weighted by molar-refractivity contribution is 0.0145. The Labute approximate surface area is 205 Å². The Morgan fingerprint density at radius 1 is 1.00 bits per heavy atom. The van der Waals surface area contributed by atoms with Gasteiger partial charge in [-0.25, -0.2) is 4.79 Å². The average Bonchev–Trinajstić information content (AvgIpc) is 2.71. The molecule has 0 aromatic heterocycles. The summed E-state index contributed by atoms with van der Waals surface area (Å²) in [7, 11) is 0. The molecular formula is C21H43IN6O3. The fraction of sp³-hybridized carbons (Fsp3) is 0.905. The van der Waals surface area contributed by atoms with Gasteiger partial charge in [0.05, 0.1) is 13.2 Å². The van der Waals surface area contributed by atoms with E-state index in [9.17, 15) is 4.79 Å². The van der Waals surface area contributed by atoms with Gasteiger partial charge in [-0.3, -0.25) is 14.8 Å². The fourth-order valence-electron chi connectivity index (χ4n) is 3.46. The first-order valence-corrected chi connectivity index (χ1v) is 11.4. The van der Waals surface area contributed by atoms with E-state index in [1.165, 1.54) is 0 Å². The van der Waals surface area contributed by atoms with Crippen molar-refractivity contribution in [2.75, 3.05) is 85.2 Å². The maximum Gasteiger partial charge on any atom is 0.410 e. The highest BCUT2D eigenvalue weighted by molar-refractivity contribution is 14.0. The summed E-state index contributed by atoms with van der Waals surface area (Å²) in [5, 5.41) is 6.75. The Morgan fingerprint density at radius 3 is 2.26 bits per heavy atom. The monoisotopic (exact) mass is 554 g/mol. The number of piperazine rings is 1. The highest BCUT2D eigenvalue weighted by Crippen LogP contribution is 2.12. The second kappa shape index (κ2) is 15.1. The number of morpholine rings is 1. The van der Waals surface area contributed by atoms with Gasteiger partial charge in [-0.15, -0.1) is 24.0 Å². The molecule has 1 amide bonds. The lowest BCUT2D eigenvalue weighted by atomic mass is 10.2. The number of guanidine groups is 1. The van der Waals surface area contributed by atoms with E-state index in [0.717, 1.165) is 97.6 Å². The van der Waals surface area contributed by atoms with Crippen molar-refractivity contribution >= 4 is 36.0 Å². The number of amides is 1. The second-order valence-corrected chi connectivity index (χ2v) is 8.80. The molecule has 2 rings (SSSR count). The van der Waals surface area contributed by atoms with Crippen molar-refractivity contribution in [1.82, 2.24) is 25.3 Å². The van der Waals surface area contributed by atoms with E-state index in [-0.39, 0.29) is 30.1 Å². The van der Waals surface area contributed by atoms with Crippen LogP contribution < -0.4 is 10.6 Å². The number of rotatable bonds is 8. The minimum absolute atomic E-state index is 0. The lowest BCUT2D eigenvalue weighted by Crippen LogP contribution is -2.50. The first kappa shape index (κ1) is 28.2. The third-order valence-corrected chi connectivity index (χ3v) is 5.09. The molecule has 0 radical (unpaired) electrons. The molecule has 2 heterocycles. The zero-order chi connectivity index (χ0) is 21.8. The maximum absolute atomic E-state index is 12.1. The minimum atomic E-state index is -0.438. The molecule has 0 unspecified atom stereocenters. The number of carbonyl (C=O) groups is 1. The molecule has 2 aliphatic rings. The Kier molecular flexibility index (Phi) is 13.7. The van der Waals surface area contributed by atoms with Gasteiger partial charge in [0.1, 0.15) is 5.60 Å². The quantitative estimate of drug-likeness (QED) is 0.204. The zero-order valence-electron chi connectivity index (χ0n) is 19.8. The van der Waals surface area contributed by atoms with Gasteiger partial charge in [0.15, 0.2) is 5.96 Å². The molecule has 10 heteroatoms. The molecule has 31 heavy (non-hydrogen) atoms. The standard InChI is InChI=1S/C21H42N6O3.HI/c1-5-22-19(24-8-10-26-15-17-29-18-16-26)23-7-6-9-25-11-13-27(14-12-25)20(28)30-21(2,3)4;/h5-18H2,1-4H3,(H2,22,23,24);1H. The van der Waals surface area contributed by atoms with Gasteiger partial charge in [-0.1, -0.05) is 0 Å². The van der Waals surface area contributed by atoms with Gasteiger partial charge >= 0.3 is 6.09 Å². The molecule has 182 valence electrons. The van der Waals surface area contributed by atoms with Gasteiger partial charge in [0.25, 0.3) is 0 Å². The average molecular weight is 555 g/mol. The first-order chi connectivity index (χ1) is 14.4. The third-order valence-electron chi connectivity index (χ3n) is 5.09. The molecule has 0 spiro atoms. The Morgan fingerprint density at radius 2 is 1.65 bits per heavy atom. The minimum Gasteiger partial charge on any atom is -0.444 e. The Bertz CT molecular complexity index is 530. The van der Waals surface area contributed by atoms with E-state index in [2.05, 4.69) is 27.4 Å². The summed E-state index contributed by atoms with van der Waals surface area (Å²) in [5.74, 6) is 0.889. The van der Waals surface area contributed by atoms with Crippen molar-refractivity contribution < 1.29 is 14.3 Å². The SMILES string of the molecule is CCNC(=NCCCN1CCN(C(=O)OC(C)(C)C)CC1)NCCN1CCOCC1.I. The molecule has 2 aliphatic heterocycles. The van der Waals surface area contributed by atoms with Crippen molar-refractivity contribution in [3.05, 3.63) is 0 Å². The van der Waals surface area contributed by atoms with E-state index in [4.69, 9.17) is 14.5 Å². The number of hydrogen-bond acceptors (Lipinski definition) is 6. The van der Waals surface area contributed by atoms with Crippen LogP contribution in [0.4, 0.5) is 4.79 Å². The van der Waals surface area contributed by atoms with E-state index < -0.39 is 5.60 Å². The number of nitrogens with zero attached hydrogens (tertiary/aromatic N) is 4. The number of aliphatic imine (C=N–C) groups is 1. The fourth-order valence-corrected chi connectivity index (χ4v) is 3.46. The number of ether oxygens (including phenoxy) is 2. The smallest absolute Gasteiger partial charge is 0.410 e. The largest absolute Gasteiger partial charge is 0.444 e. The lowest BCUT2D eigenvalue weighted by Gasteiger charge is -2.35. The predicted octanol–water partition coefficient (Wildman–Crippen LogP) is 1.43. The van der Waals surface area contributed by atoms with E-state index in [0.29, 0.717) is 0 Å². The summed E-state index contributed by atoms with van der Waals surface area (Å²) < 4.78 is 10.8. The van der Waals surface area contributed by atoms with Crippen LogP contribution in [0.3, 0.4) is 0 Å². The normalized spacial score (nSPS) is 19.0. The first-order valence-electron chi connectivity index (χ1n) is 11.4. The molecule has 0 atom stereocenters. The van der Waals surface area contributed by atoms with Crippen LogP contribution in [0.5, 0.6) is 0 Å². The number of halogens is 1. The molecule has 9 nitrogen and oxygen atoms in total.